The standard InChI is InChI=1S/C15H16F2N4O4S/c1-24-14(26)18-4-9-5-21(15(23)25-9)8-2-10(16)13(11(17)3-8)20-6-12(22)19-7-20/h2-3,9H,4-7H2,1H3,(H,18,26)(H,19,22)/t9-/m1/s1. The van der Waals surface area contributed by atoms with Gasteiger partial charge >= 0.3 is 6.09 Å². The predicted octanol–water partition coefficient (Wildman–Crippen LogP) is 0.705. The van der Waals surface area contributed by atoms with Crippen LogP contribution in [0.1, 0.15) is 0 Å². The predicted molar refractivity (Wildman–Crippen MR) is 91.9 cm³/mol. The Hall–Kier alpha value is -2.69. The number of carbonyl (C=O) groups is 2. The van der Waals surface area contributed by atoms with Crippen molar-refractivity contribution in [1.82, 2.24) is 10.6 Å². The van der Waals surface area contributed by atoms with Gasteiger partial charge in [0.15, 0.2) is 11.6 Å². The number of amides is 2. The number of rotatable bonds is 4. The van der Waals surface area contributed by atoms with Crippen molar-refractivity contribution >= 4 is 40.8 Å². The number of ether oxygens (including phenoxy) is 2. The van der Waals surface area contributed by atoms with Crippen LogP contribution in [0.4, 0.5) is 25.0 Å². The smallest absolute Gasteiger partial charge is 0.414 e. The lowest BCUT2D eigenvalue weighted by molar-refractivity contribution is -0.118. The Kier molecular flexibility index (Phi) is 5.07. The van der Waals surface area contributed by atoms with Crippen LogP contribution in [0, 0.1) is 11.6 Å². The van der Waals surface area contributed by atoms with Crippen LogP contribution in [0.3, 0.4) is 0 Å². The number of carbonyl (C=O) groups excluding carboxylic acids is 2. The second-order valence-electron chi connectivity index (χ2n) is 5.70. The van der Waals surface area contributed by atoms with E-state index in [1.807, 2.05) is 0 Å². The molecule has 0 spiro atoms. The van der Waals surface area contributed by atoms with Crippen molar-refractivity contribution in [3.8, 4) is 0 Å². The van der Waals surface area contributed by atoms with Gasteiger partial charge in [-0.15, -0.1) is 0 Å². The van der Waals surface area contributed by atoms with Crippen LogP contribution in [0.5, 0.6) is 0 Å². The van der Waals surface area contributed by atoms with Crippen molar-refractivity contribution in [2.75, 3.05) is 43.2 Å². The zero-order valence-corrected chi connectivity index (χ0v) is 14.6. The molecule has 3 rings (SSSR count). The molecule has 26 heavy (non-hydrogen) atoms. The number of anilines is 2. The monoisotopic (exact) mass is 386 g/mol. The molecule has 2 aliphatic heterocycles. The van der Waals surface area contributed by atoms with Crippen molar-refractivity contribution in [3.63, 3.8) is 0 Å². The molecular formula is C15H16F2N4O4S. The lowest BCUT2D eigenvalue weighted by Gasteiger charge is -2.20. The highest BCUT2D eigenvalue weighted by molar-refractivity contribution is 7.80. The topological polar surface area (TPSA) is 83.1 Å². The molecule has 140 valence electrons. The van der Waals surface area contributed by atoms with Gasteiger partial charge in [-0.2, -0.15) is 0 Å². The van der Waals surface area contributed by atoms with Gasteiger partial charge in [-0.25, -0.2) is 13.6 Å². The van der Waals surface area contributed by atoms with Crippen LogP contribution in [-0.2, 0) is 14.3 Å². The highest BCUT2D eigenvalue weighted by Gasteiger charge is 2.34. The summed E-state index contributed by atoms with van der Waals surface area (Å²) >= 11 is 4.83. The molecule has 1 atom stereocenters. The summed E-state index contributed by atoms with van der Waals surface area (Å²) in [6, 6.07) is 2.08. The molecule has 1 aromatic rings. The summed E-state index contributed by atoms with van der Waals surface area (Å²) in [6.45, 7) is 0.191. The molecule has 0 saturated carbocycles. The summed E-state index contributed by atoms with van der Waals surface area (Å²) in [5.41, 5.74) is -0.285. The van der Waals surface area contributed by atoms with E-state index < -0.39 is 23.8 Å². The minimum atomic E-state index is -0.869. The molecule has 2 fully saturated rings. The van der Waals surface area contributed by atoms with Gasteiger partial charge in [-0.3, -0.25) is 9.69 Å². The molecule has 11 heteroatoms. The summed E-state index contributed by atoms with van der Waals surface area (Å²) < 4.78 is 38.8. The average molecular weight is 386 g/mol. The van der Waals surface area contributed by atoms with Crippen molar-refractivity contribution in [2.24, 2.45) is 0 Å². The fraction of sp³-hybridized carbons (Fsp3) is 0.400. The fourth-order valence-corrected chi connectivity index (χ4v) is 2.83. The highest BCUT2D eigenvalue weighted by atomic mass is 32.1. The Bertz CT molecular complexity index is 740. The SMILES string of the molecule is COC(=S)NC[C@@H]1CN(c2cc(F)c(N3CNC(=O)C3)c(F)c2)C(=O)O1. The van der Waals surface area contributed by atoms with Gasteiger partial charge in [0.05, 0.1) is 39.1 Å². The first-order valence-corrected chi connectivity index (χ1v) is 8.10. The molecule has 0 radical (unpaired) electrons. The molecule has 0 aromatic heterocycles. The van der Waals surface area contributed by atoms with E-state index >= 15 is 0 Å². The van der Waals surface area contributed by atoms with E-state index in [1.165, 1.54) is 12.0 Å². The second-order valence-corrected chi connectivity index (χ2v) is 6.07. The van der Waals surface area contributed by atoms with Gasteiger partial charge in [0, 0.05) is 12.1 Å². The molecular weight excluding hydrogens is 370 g/mol. The second kappa shape index (κ2) is 7.28. The number of nitrogens with one attached hydrogen (secondary N) is 2. The number of hydrogen-bond acceptors (Lipinski definition) is 6. The Balaban J connectivity index is 1.74. The Morgan fingerprint density at radius 2 is 2.12 bits per heavy atom. The van der Waals surface area contributed by atoms with E-state index in [4.69, 9.17) is 21.7 Å². The summed E-state index contributed by atoms with van der Waals surface area (Å²) in [5, 5.41) is 5.37. The van der Waals surface area contributed by atoms with Gasteiger partial charge in [-0.1, -0.05) is 0 Å². The molecule has 0 unspecified atom stereocenters. The summed E-state index contributed by atoms with van der Waals surface area (Å²) in [4.78, 5) is 25.6. The molecule has 8 nitrogen and oxygen atoms in total. The third-order valence-corrected chi connectivity index (χ3v) is 4.28. The lowest BCUT2D eigenvalue weighted by Crippen LogP contribution is -2.34. The summed E-state index contributed by atoms with van der Waals surface area (Å²) in [7, 11) is 1.40. The molecule has 1 aromatic carbocycles. The van der Waals surface area contributed by atoms with E-state index in [-0.39, 0.29) is 48.8 Å². The molecule has 2 amide bonds. The fourth-order valence-electron chi connectivity index (χ4n) is 2.74. The number of methoxy groups -OCH3 is 1. The Morgan fingerprint density at radius 3 is 2.69 bits per heavy atom. The van der Waals surface area contributed by atoms with E-state index in [2.05, 4.69) is 10.6 Å². The average Bonchev–Trinajstić information content (AvgIpc) is 3.17. The van der Waals surface area contributed by atoms with Crippen molar-refractivity contribution in [2.45, 2.75) is 6.10 Å². The van der Waals surface area contributed by atoms with Crippen LogP contribution >= 0.6 is 12.2 Å². The first-order chi connectivity index (χ1) is 12.4. The van der Waals surface area contributed by atoms with Crippen molar-refractivity contribution in [3.05, 3.63) is 23.8 Å². The number of halogens is 2. The quantitative estimate of drug-likeness (QED) is 0.738. The zero-order chi connectivity index (χ0) is 18.8. The van der Waals surface area contributed by atoms with E-state index in [1.54, 1.807) is 0 Å². The van der Waals surface area contributed by atoms with Crippen LogP contribution in [0.15, 0.2) is 12.1 Å². The summed E-state index contributed by atoms with van der Waals surface area (Å²) in [5.74, 6) is -2.06. The molecule has 0 aliphatic carbocycles. The third-order valence-electron chi connectivity index (χ3n) is 3.96. The van der Waals surface area contributed by atoms with Gasteiger partial charge in [0.2, 0.25) is 5.91 Å². The van der Waals surface area contributed by atoms with Crippen LogP contribution in [0.25, 0.3) is 0 Å². The van der Waals surface area contributed by atoms with E-state index in [0.29, 0.717) is 0 Å². The van der Waals surface area contributed by atoms with Gasteiger partial charge < -0.3 is 25.0 Å². The zero-order valence-electron chi connectivity index (χ0n) is 13.8. The highest BCUT2D eigenvalue weighted by Crippen LogP contribution is 2.31. The van der Waals surface area contributed by atoms with Crippen molar-refractivity contribution < 1.29 is 27.8 Å². The van der Waals surface area contributed by atoms with Gasteiger partial charge in [-0.05, 0) is 12.2 Å². The Labute approximate surface area is 153 Å². The Morgan fingerprint density at radius 1 is 1.42 bits per heavy atom. The van der Waals surface area contributed by atoms with E-state index in [0.717, 1.165) is 17.0 Å². The number of nitrogens with zero attached hydrogens (tertiary/aromatic N) is 2. The maximum absolute atomic E-state index is 14.4. The summed E-state index contributed by atoms with van der Waals surface area (Å²) in [6.07, 6.45) is -1.27. The van der Waals surface area contributed by atoms with Gasteiger partial charge in [0.1, 0.15) is 11.8 Å². The van der Waals surface area contributed by atoms with Crippen LogP contribution in [0.2, 0.25) is 0 Å². The first-order valence-electron chi connectivity index (χ1n) is 7.69. The van der Waals surface area contributed by atoms with Crippen LogP contribution in [-0.4, -0.2) is 56.7 Å². The molecule has 2 N–H and O–H groups in total. The lowest BCUT2D eigenvalue weighted by atomic mass is 10.2. The van der Waals surface area contributed by atoms with Gasteiger partial charge in [0.25, 0.3) is 5.17 Å². The maximum Gasteiger partial charge on any atom is 0.414 e. The molecule has 2 saturated heterocycles. The normalized spacial score (nSPS) is 19.4. The number of hydrogen-bond donors (Lipinski definition) is 2. The largest absolute Gasteiger partial charge is 0.474 e. The van der Waals surface area contributed by atoms with Crippen LogP contribution < -0.4 is 20.4 Å². The molecule has 2 aliphatic rings. The number of benzene rings is 1. The maximum atomic E-state index is 14.4. The minimum absolute atomic E-state index is 0.0188. The number of cyclic esters (lactones) is 1. The molecule has 0 bridgehead atoms. The molecule has 2 heterocycles. The minimum Gasteiger partial charge on any atom is -0.474 e. The third kappa shape index (κ3) is 3.62. The van der Waals surface area contributed by atoms with E-state index in [9.17, 15) is 18.4 Å². The number of thiocarbonyl (C=S) groups is 1. The first kappa shape index (κ1) is 18.1. The van der Waals surface area contributed by atoms with Crippen molar-refractivity contribution in [1.29, 1.82) is 0 Å².